The number of ether oxygens (including phenoxy) is 1. The van der Waals surface area contributed by atoms with Crippen molar-refractivity contribution in [3.05, 3.63) is 59.2 Å². The molecule has 26 heavy (non-hydrogen) atoms. The number of fused-ring (bicyclic) bond motifs is 3. The summed E-state index contributed by atoms with van der Waals surface area (Å²) < 4.78 is 46.2. The molecule has 1 heterocycles. The third kappa shape index (κ3) is 2.96. The van der Waals surface area contributed by atoms with Gasteiger partial charge in [0.1, 0.15) is 17.7 Å². The van der Waals surface area contributed by atoms with E-state index in [2.05, 4.69) is 9.89 Å². The first-order valence-electron chi connectivity index (χ1n) is 7.88. The van der Waals surface area contributed by atoms with Gasteiger partial charge in [-0.3, -0.25) is 4.79 Å². The number of aromatic nitrogens is 1. The zero-order valence-electron chi connectivity index (χ0n) is 13.3. The second-order valence-corrected chi connectivity index (χ2v) is 5.95. The lowest BCUT2D eigenvalue weighted by Crippen LogP contribution is -2.16. The van der Waals surface area contributed by atoms with Gasteiger partial charge in [-0.15, -0.1) is 13.2 Å². The van der Waals surface area contributed by atoms with Crippen molar-refractivity contribution >= 4 is 6.29 Å². The minimum atomic E-state index is -4.72. The minimum absolute atomic E-state index is 0.287. The number of halogens is 3. The molecule has 0 N–H and O–H groups in total. The lowest BCUT2D eigenvalue weighted by molar-refractivity contribution is -0.274. The molecule has 7 heteroatoms. The summed E-state index contributed by atoms with van der Waals surface area (Å²) in [4.78, 5) is 10.9. The molecule has 0 saturated carbocycles. The largest absolute Gasteiger partial charge is 0.573 e. The van der Waals surface area contributed by atoms with Gasteiger partial charge in [-0.1, -0.05) is 17.3 Å². The fourth-order valence-corrected chi connectivity index (χ4v) is 3.17. The first-order valence-corrected chi connectivity index (χ1v) is 7.88. The molecule has 3 aromatic rings. The third-order valence-corrected chi connectivity index (χ3v) is 4.30. The SMILES string of the molecule is O=Cc1ccc2c(c1)CCc1c(-c3ccc(OC(F)(F)F)cc3)noc1-2. The summed E-state index contributed by atoms with van der Waals surface area (Å²) in [6.45, 7) is 0. The number of hydrogen-bond acceptors (Lipinski definition) is 4. The fraction of sp³-hybridized carbons (Fsp3) is 0.158. The van der Waals surface area contributed by atoms with Crippen LogP contribution in [0.3, 0.4) is 0 Å². The molecule has 4 nitrogen and oxygen atoms in total. The Hall–Kier alpha value is -3.09. The number of hydrogen-bond donors (Lipinski definition) is 0. The predicted molar refractivity (Wildman–Crippen MR) is 86.9 cm³/mol. The molecule has 4 rings (SSSR count). The average Bonchev–Trinajstić information content (AvgIpc) is 3.05. The van der Waals surface area contributed by atoms with Crippen LogP contribution >= 0.6 is 0 Å². The standard InChI is InChI=1S/C19H12F3NO3/c20-19(21,22)25-14-5-2-12(3-6-14)17-16-8-4-13-9-11(10-24)1-7-15(13)18(16)26-23-17/h1-3,5-7,9-10H,4,8H2. The maximum atomic E-state index is 12.3. The highest BCUT2D eigenvalue weighted by atomic mass is 19.4. The summed E-state index contributed by atoms with van der Waals surface area (Å²) in [5.41, 5.74) is 4.65. The number of nitrogens with zero attached hydrogens (tertiary/aromatic N) is 1. The Bertz CT molecular complexity index is 975. The van der Waals surface area contributed by atoms with E-state index in [-0.39, 0.29) is 5.75 Å². The molecule has 0 aliphatic heterocycles. The zero-order valence-corrected chi connectivity index (χ0v) is 13.3. The Balaban J connectivity index is 1.68. The minimum Gasteiger partial charge on any atom is -0.406 e. The van der Waals surface area contributed by atoms with Gasteiger partial charge < -0.3 is 9.26 Å². The summed E-state index contributed by atoms with van der Waals surface area (Å²) in [6, 6.07) is 10.9. The molecule has 1 aliphatic carbocycles. The molecule has 1 aliphatic rings. The lowest BCUT2D eigenvalue weighted by Gasteiger charge is -2.15. The van der Waals surface area contributed by atoms with E-state index in [9.17, 15) is 18.0 Å². The number of aryl methyl sites for hydroxylation is 1. The van der Waals surface area contributed by atoms with E-state index >= 15 is 0 Å². The van der Waals surface area contributed by atoms with E-state index in [1.165, 1.54) is 24.3 Å². The van der Waals surface area contributed by atoms with Crippen molar-refractivity contribution in [3.63, 3.8) is 0 Å². The van der Waals surface area contributed by atoms with Crippen LogP contribution in [0.5, 0.6) is 5.75 Å². The van der Waals surface area contributed by atoms with E-state index in [0.29, 0.717) is 29.0 Å². The highest BCUT2D eigenvalue weighted by Gasteiger charge is 2.31. The quantitative estimate of drug-likeness (QED) is 0.629. The van der Waals surface area contributed by atoms with Crippen LogP contribution in [0.1, 0.15) is 21.5 Å². The summed E-state index contributed by atoms with van der Waals surface area (Å²) in [5.74, 6) is 0.347. The van der Waals surface area contributed by atoms with Crippen LogP contribution in [-0.2, 0) is 12.8 Å². The van der Waals surface area contributed by atoms with Gasteiger partial charge in [0, 0.05) is 22.3 Å². The van der Waals surface area contributed by atoms with Gasteiger partial charge in [-0.05, 0) is 48.7 Å². The average molecular weight is 359 g/mol. The first kappa shape index (κ1) is 16.4. The van der Waals surface area contributed by atoms with Crippen LogP contribution in [0.2, 0.25) is 0 Å². The molecule has 0 amide bonds. The van der Waals surface area contributed by atoms with Crippen LogP contribution < -0.4 is 4.74 Å². The summed E-state index contributed by atoms with van der Waals surface area (Å²) >= 11 is 0. The third-order valence-electron chi connectivity index (χ3n) is 4.30. The van der Waals surface area contributed by atoms with E-state index in [0.717, 1.165) is 29.4 Å². The maximum Gasteiger partial charge on any atom is 0.573 e. The van der Waals surface area contributed by atoms with Crippen molar-refractivity contribution in [1.29, 1.82) is 0 Å². The normalized spacial score (nSPS) is 13.0. The second-order valence-electron chi connectivity index (χ2n) is 5.95. The predicted octanol–water partition coefficient (Wildman–Crippen LogP) is 4.82. The van der Waals surface area contributed by atoms with Gasteiger partial charge in [-0.25, -0.2) is 0 Å². The van der Waals surface area contributed by atoms with Crippen molar-refractivity contribution in [3.8, 4) is 28.3 Å². The molecule has 0 bridgehead atoms. The van der Waals surface area contributed by atoms with Crippen molar-refractivity contribution in [2.75, 3.05) is 0 Å². The number of benzene rings is 2. The van der Waals surface area contributed by atoms with Crippen LogP contribution in [0.4, 0.5) is 13.2 Å². The molecule has 0 spiro atoms. The molecular formula is C19H12F3NO3. The Kier molecular flexibility index (Phi) is 3.79. The number of rotatable bonds is 3. The molecular weight excluding hydrogens is 347 g/mol. The van der Waals surface area contributed by atoms with Crippen LogP contribution in [0.15, 0.2) is 47.0 Å². The zero-order chi connectivity index (χ0) is 18.3. The topological polar surface area (TPSA) is 52.3 Å². The molecule has 0 radical (unpaired) electrons. The number of alkyl halides is 3. The molecule has 0 fully saturated rings. The van der Waals surface area contributed by atoms with Gasteiger partial charge in [0.05, 0.1) is 0 Å². The van der Waals surface area contributed by atoms with Gasteiger partial charge >= 0.3 is 6.36 Å². The van der Waals surface area contributed by atoms with E-state index in [1.54, 1.807) is 6.07 Å². The van der Waals surface area contributed by atoms with Gasteiger partial charge in [0.25, 0.3) is 0 Å². The fourth-order valence-electron chi connectivity index (χ4n) is 3.17. The molecule has 1 aromatic heterocycles. The molecule has 0 saturated heterocycles. The smallest absolute Gasteiger partial charge is 0.406 e. The first-order chi connectivity index (χ1) is 12.4. The van der Waals surface area contributed by atoms with E-state index in [4.69, 9.17) is 4.52 Å². The monoisotopic (exact) mass is 359 g/mol. The highest BCUT2D eigenvalue weighted by molar-refractivity contribution is 5.81. The van der Waals surface area contributed by atoms with Crippen molar-refractivity contribution in [2.24, 2.45) is 0 Å². The maximum absolute atomic E-state index is 12.3. The summed E-state index contributed by atoms with van der Waals surface area (Å²) in [6.07, 6.45) is -2.53. The number of carbonyl (C=O) groups is 1. The van der Waals surface area contributed by atoms with E-state index in [1.807, 2.05) is 12.1 Å². The van der Waals surface area contributed by atoms with Gasteiger partial charge in [0.15, 0.2) is 5.76 Å². The van der Waals surface area contributed by atoms with Crippen LogP contribution in [-0.4, -0.2) is 17.8 Å². The molecule has 2 aromatic carbocycles. The molecule has 0 atom stereocenters. The lowest BCUT2D eigenvalue weighted by atomic mass is 9.87. The highest BCUT2D eigenvalue weighted by Crippen LogP contribution is 2.39. The number of aldehydes is 1. The Morgan fingerprint density at radius 2 is 1.85 bits per heavy atom. The Morgan fingerprint density at radius 3 is 2.54 bits per heavy atom. The van der Waals surface area contributed by atoms with Gasteiger partial charge in [0.2, 0.25) is 0 Å². The van der Waals surface area contributed by atoms with Crippen molar-refractivity contribution < 1.29 is 27.2 Å². The van der Waals surface area contributed by atoms with Crippen LogP contribution in [0, 0.1) is 0 Å². The summed E-state index contributed by atoms with van der Waals surface area (Å²) in [7, 11) is 0. The second kappa shape index (κ2) is 6.01. The number of carbonyl (C=O) groups excluding carboxylic acids is 1. The van der Waals surface area contributed by atoms with Crippen molar-refractivity contribution in [2.45, 2.75) is 19.2 Å². The van der Waals surface area contributed by atoms with Crippen LogP contribution in [0.25, 0.3) is 22.6 Å². The molecule has 0 unspecified atom stereocenters. The Morgan fingerprint density at radius 1 is 1.08 bits per heavy atom. The van der Waals surface area contributed by atoms with E-state index < -0.39 is 6.36 Å². The summed E-state index contributed by atoms with van der Waals surface area (Å²) in [5, 5.41) is 4.11. The van der Waals surface area contributed by atoms with Crippen molar-refractivity contribution in [1.82, 2.24) is 5.16 Å². The Labute approximate surface area is 146 Å². The van der Waals surface area contributed by atoms with Gasteiger partial charge in [-0.2, -0.15) is 0 Å². The molecule has 132 valence electrons.